The van der Waals surface area contributed by atoms with Gasteiger partial charge in [-0.3, -0.25) is 14.5 Å². The third kappa shape index (κ3) is 7.27. The zero-order valence-corrected chi connectivity index (χ0v) is 19.8. The highest BCUT2D eigenvalue weighted by Gasteiger charge is 2.15. The second-order valence-corrected chi connectivity index (χ2v) is 7.45. The van der Waals surface area contributed by atoms with E-state index in [1.165, 1.54) is 0 Å². The molecule has 174 valence electrons. The van der Waals surface area contributed by atoms with Gasteiger partial charge in [0.25, 0.3) is 0 Å². The largest absolute Gasteiger partial charge is 0.490 e. The first kappa shape index (κ1) is 25.2. The molecule has 2 aromatic rings. The highest BCUT2D eigenvalue weighted by molar-refractivity contribution is 5.95. The van der Waals surface area contributed by atoms with Gasteiger partial charge in [-0.15, -0.1) is 0 Å². The van der Waals surface area contributed by atoms with Crippen LogP contribution in [0.25, 0.3) is 0 Å². The van der Waals surface area contributed by atoms with Gasteiger partial charge in [-0.05, 0) is 57.0 Å². The number of nitrogens with zero attached hydrogens (tertiary/aromatic N) is 1. The van der Waals surface area contributed by atoms with Crippen molar-refractivity contribution in [1.82, 2.24) is 4.90 Å². The lowest BCUT2D eigenvalue weighted by molar-refractivity contribution is -0.119. The Morgan fingerprint density at radius 1 is 0.812 bits per heavy atom. The SMILES string of the molecule is CCOc1ccc(NC(=O)CN(C)CC(=O)Nc2c(CC)cccc2CC)cc1OCC. The molecular formula is C25H35N3O4. The predicted molar refractivity (Wildman–Crippen MR) is 129 cm³/mol. The highest BCUT2D eigenvalue weighted by atomic mass is 16.5. The van der Waals surface area contributed by atoms with Crippen LogP contribution in [0.1, 0.15) is 38.8 Å². The molecule has 0 saturated carbocycles. The molecule has 0 aliphatic heterocycles. The van der Waals surface area contributed by atoms with Crippen LogP contribution in [0.15, 0.2) is 36.4 Å². The average Bonchev–Trinajstić information content (AvgIpc) is 2.75. The first-order valence-electron chi connectivity index (χ1n) is 11.2. The molecule has 2 N–H and O–H groups in total. The molecule has 0 aromatic heterocycles. The van der Waals surface area contributed by atoms with E-state index < -0.39 is 0 Å². The number of anilines is 2. The number of para-hydroxylation sites is 1. The molecule has 0 heterocycles. The fourth-order valence-corrected chi connectivity index (χ4v) is 3.46. The number of nitrogens with one attached hydrogen (secondary N) is 2. The Labute approximate surface area is 191 Å². The zero-order valence-electron chi connectivity index (χ0n) is 19.8. The van der Waals surface area contributed by atoms with Crippen molar-refractivity contribution in [2.24, 2.45) is 0 Å². The fourth-order valence-electron chi connectivity index (χ4n) is 3.46. The maximum Gasteiger partial charge on any atom is 0.238 e. The third-order valence-corrected chi connectivity index (χ3v) is 4.92. The molecule has 0 aliphatic carbocycles. The summed E-state index contributed by atoms with van der Waals surface area (Å²) < 4.78 is 11.1. The van der Waals surface area contributed by atoms with Gasteiger partial charge < -0.3 is 20.1 Å². The van der Waals surface area contributed by atoms with E-state index >= 15 is 0 Å². The van der Waals surface area contributed by atoms with Crippen LogP contribution in [0.3, 0.4) is 0 Å². The van der Waals surface area contributed by atoms with E-state index in [2.05, 4.69) is 24.5 Å². The van der Waals surface area contributed by atoms with Crippen molar-refractivity contribution < 1.29 is 19.1 Å². The van der Waals surface area contributed by atoms with Gasteiger partial charge in [-0.1, -0.05) is 32.0 Å². The van der Waals surface area contributed by atoms with Crippen LogP contribution >= 0.6 is 0 Å². The Balaban J connectivity index is 1.94. The summed E-state index contributed by atoms with van der Waals surface area (Å²) in [5.74, 6) is 0.867. The molecule has 0 bridgehead atoms. The maximum absolute atomic E-state index is 12.6. The lowest BCUT2D eigenvalue weighted by Gasteiger charge is -2.19. The summed E-state index contributed by atoms with van der Waals surface area (Å²) in [6, 6.07) is 11.4. The van der Waals surface area contributed by atoms with Crippen LogP contribution in [-0.2, 0) is 22.4 Å². The molecular weight excluding hydrogens is 406 g/mol. The Hall–Kier alpha value is -3.06. The zero-order chi connectivity index (χ0) is 23.5. The predicted octanol–water partition coefficient (Wildman–Crippen LogP) is 4.12. The molecule has 7 heteroatoms. The van der Waals surface area contributed by atoms with E-state index in [-0.39, 0.29) is 24.9 Å². The smallest absolute Gasteiger partial charge is 0.238 e. The fraction of sp³-hybridized carbons (Fsp3) is 0.440. The summed E-state index contributed by atoms with van der Waals surface area (Å²) in [6.45, 7) is 9.16. The topological polar surface area (TPSA) is 79.9 Å². The average molecular weight is 442 g/mol. The van der Waals surface area contributed by atoms with Crippen LogP contribution in [0.5, 0.6) is 11.5 Å². The molecule has 2 amide bonds. The Morgan fingerprint density at radius 3 is 1.94 bits per heavy atom. The minimum Gasteiger partial charge on any atom is -0.490 e. The number of likely N-dealkylation sites (N-methyl/N-ethyl adjacent to an activating group) is 1. The van der Waals surface area contributed by atoms with Gasteiger partial charge in [0.15, 0.2) is 11.5 Å². The van der Waals surface area contributed by atoms with Crippen molar-refractivity contribution in [2.75, 3.05) is 44.0 Å². The van der Waals surface area contributed by atoms with E-state index in [9.17, 15) is 9.59 Å². The van der Waals surface area contributed by atoms with Gasteiger partial charge in [0.2, 0.25) is 11.8 Å². The van der Waals surface area contributed by atoms with Gasteiger partial charge in [0, 0.05) is 17.4 Å². The highest BCUT2D eigenvalue weighted by Crippen LogP contribution is 2.30. The second kappa shape index (κ2) is 12.7. The van der Waals surface area contributed by atoms with E-state index in [1.807, 2.05) is 32.0 Å². The van der Waals surface area contributed by atoms with E-state index in [0.717, 1.165) is 29.7 Å². The molecule has 2 aromatic carbocycles. The van der Waals surface area contributed by atoms with Crippen LogP contribution < -0.4 is 20.1 Å². The summed E-state index contributed by atoms with van der Waals surface area (Å²) >= 11 is 0. The van der Waals surface area contributed by atoms with Crippen molar-refractivity contribution in [1.29, 1.82) is 0 Å². The van der Waals surface area contributed by atoms with Gasteiger partial charge >= 0.3 is 0 Å². The van der Waals surface area contributed by atoms with Crippen molar-refractivity contribution in [3.05, 3.63) is 47.5 Å². The monoisotopic (exact) mass is 441 g/mol. The summed E-state index contributed by atoms with van der Waals surface area (Å²) in [6.07, 6.45) is 1.68. The second-order valence-electron chi connectivity index (χ2n) is 7.45. The Kier molecular flexibility index (Phi) is 10.0. The minimum atomic E-state index is -0.213. The molecule has 2 rings (SSSR count). The first-order valence-corrected chi connectivity index (χ1v) is 11.2. The summed E-state index contributed by atoms with van der Waals surface area (Å²) in [4.78, 5) is 26.8. The number of hydrogen-bond acceptors (Lipinski definition) is 5. The van der Waals surface area contributed by atoms with Gasteiger partial charge in [0.1, 0.15) is 0 Å². The van der Waals surface area contributed by atoms with Crippen molar-refractivity contribution in [3.63, 3.8) is 0 Å². The number of amides is 2. The molecule has 0 unspecified atom stereocenters. The van der Waals surface area contributed by atoms with Crippen molar-refractivity contribution >= 4 is 23.2 Å². The van der Waals surface area contributed by atoms with E-state index in [0.29, 0.717) is 30.4 Å². The number of benzene rings is 2. The molecule has 0 atom stereocenters. The maximum atomic E-state index is 12.6. The Morgan fingerprint density at radius 2 is 1.38 bits per heavy atom. The number of rotatable bonds is 12. The van der Waals surface area contributed by atoms with Gasteiger partial charge in [0.05, 0.1) is 26.3 Å². The quantitative estimate of drug-likeness (QED) is 0.518. The molecule has 32 heavy (non-hydrogen) atoms. The number of aryl methyl sites for hydroxylation is 2. The van der Waals surface area contributed by atoms with Crippen molar-refractivity contribution in [2.45, 2.75) is 40.5 Å². The number of carbonyl (C=O) groups excluding carboxylic acids is 2. The lowest BCUT2D eigenvalue weighted by atomic mass is 10.0. The van der Waals surface area contributed by atoms with Gasteiger partial charge in [-0.25, -0.2) is 0 Å². The minimum absolute atomic E-state index is 0.0840. The number of carbonyl (C=O) groups is 2. The third-order valence-electron chi connectivity index (χ3n) is 4.92. The van der Waals surface area contributed by atoms with E-state index in [4.69, 9.17) is 9.47 Å². The number of ether oxygens (including phenoxy) is 2. The summed E-state index contributed by atoms with van der Waals surface area (Å²) in [5.41, 5.74) is 3.72. The lowest BCUT2D eigenvalue weighted by Crippen LogP contribution is -2.36. The Bertz CT molecular complexity index is 892. The van der Waals surface area contributed by atoms with Crippen LogP contribution in [0.4, 0.5) is 11.4 Å². The first-order chi connectivity index (χ1) is 15.4. The standard InChI is InChI=1S/C25H35N3O4/c1-6-18-11-10-12-19(7-2)25(18)27-24(30)17-28(5)16-23(29)26-20-13-14-21(31-8-3)22(15-20)32-9-4/h10-15H,6-9,16-17H2,1-5H3,(H,26,29)(H,27,30). The van der Waals surface area contributed by atoms with E-state index in [1.54, 1.807) is 30.1 Å². The summed E-state index contributed by atoms with van der Waals surface area (Å²) in [7, 11) is 1.75. The summed E-state index contributed by atoms with van der Waals surface area (Å²) in [5, 5.41) is 5.88. The normalized spacial score (nSPS) is 10.7. The van der Waals surface area contributed by atoms with Crippen LogP contribution in [-0.4, -0.2) is 50.1 Å². The molecule has 7 nitrogen and oxygen atoms in total. The molecule has 0 aliphatic rings. The van der Waals surface area contributed by atoms with Crippen LogP contribution in [0, 0.1) is 0 Å². The molecule has 0 saturated heterocycles. The van der Waals surface area contributed by atoms with Gasteiger partial charge in [-0.2, -0.15) is 0 Å². The molecule has 0 radical (unpaired) electrons. The van der Waals surface area contributed by atoms with Crippen LogP contribution in [0.2, 0.25) is 0 Å². The molecule has 0 spiro atoms. The number of hydrogen-bond donors (Lipinski definition) is 2. The molecule has 0 fully saturated rings. The van der Waals surface area contributed by atoms with Crippen molar-refractivity contribution in [3.8, 4) is 11.5 Å².